The van der Waals surface area contributed by atoms with Gasteiger partial charge in [-0.1, -0.05) is 41.5 Å². The maximum Gasteiger partial charge on any atom is 0.0521 e. The number of aliphatic hydroxyl groups excluding tert-OH is 1. The van der Waals surface area contributed by atoms with Gasteiger partial charge in [0.25, 0.3) is 0 Å². The molecule has 0 aliphatic heterocycles. The molecular formula is C14H30OS. The minimum Gasteiger partial charge on any atom is -0.396 e. The SMILES string of the molecule is CC(C)(C)CC(CCSCCO)C(C)(C)C. The van der Waals surface area contributed by atoms with Crippen LogP contribution in [0, 0.1) is 16.7 Å². The maximum atomic E-state index is 8.76. The van der Waals surface area contributed by atoms with Crippen molar-refractivity contribution in [3.8, 4) is 0 Å². The highest BCUT2D eigenvalue weighted by atomic mass is 32.2. The zero-order valence-electron chi connectivity index (χ0n) is 12.0. The normalized spacial score (nSPS) is 15.2. The first-order chi connectivity index (χ1) is 7.17. The van der Waals surface area contributed by atoms with E-state index in [0.717, 1.165) is 11.7 Å². The van der Waals surface area contributed by atoms with Crippen LogP contribution in [0.5, 0.6) is 0 Å². The lowest BCUT2D eigenvalue weighted by atomic mass is 9.71. The summed E-state index contributed by atoms with van der Waals surface area (Å²) >= 11 is 1.87. The van der Waals surface area contributed by atoms with E-state index >= 15 is 0 Å². The van der Waals surface area contributed by atoms with Crippen LogP contribution in [0.2, 0.25) is 0 Å². The number of hydrogen-bond donors (Lipinski definition) is 1. The molecule has 0 aromatic heterocycles. The molecule has 1 atom stereocenters. The van der Waals surface area contributed by atoms with Crippen LogP contribution >= 0.6 is 11.8 Å². The third kappa shape index (κ3) is 8.46. The second kappa shape index (κ2) is 6.90. The fourth-order valence-corrected chi connectivity index (χ4v) is 2.76. The third-order valence-electron chi connectivity index (χ3n) is 2.93. The molecule has 98 valence electrons. The first-order valence-corrected chi connectivity index (χ1v) is 7.51. The number of rotatable bonds is 6. The largest absolute Gasteiger partial charge is 0.396 e. The average molecular weight is 246 g/mol. The van der Waals surface area contributed by atoms with Crippen molar-refractivity contribution in [2.24, 2.45) is 16.7 Å². The van der Waals surface area contributed by atoms with Gasteiger partial charge in [-0.25, -0.2) is 0 Å². The smallest absolute Gasteiger partial charge is 0.0521 e. The van der Waals surface area contributed by atoms with Gasteiger partial charge in [0.2, 0.25) is 0 Å². The first kappa shape index (κ1) is 16.3. The molecule has 0 aliphatic carbocycles. The standard InChI is InChI=1S/C14H30OS/c1-13(2,3)11-12(14(4,5)6)7-9-16-10-8-15/h12,15H,7-11H2,1-6H3. The van der Waals surface area contributed by atoms with E-state index in [1.807, 2.05) is 11.8 Å². The van der Waals surface area contributed by atoms with Crippen LogP contribution < -0.4 is 0 Å². The van der Waals surface area contributed by atoms with Crippen LogP contribution in [0.15, 0.2) is 0 Å². The molecule has 0 saturated heterocycles. The van der Waals surface area contributed by atoms with E-state index in [-0.39, 0.29) is 0 Å². The molecule has 1 unspecified atom stereocenters. The van der Waals surface area contributed by atoms with Gasteiger partial charge in [-0.2, -0.15) is 11.8 Å². The van der Waals surface area contributed by atoms with Gasteiger partial charge in [-0.15, -0.1) is 0 Å². The first-order valence-electron chi connectivity index (χ1n) is 6.35. The van der Waals surface area contributed by atoms with E-state index in [0.29, 0.717) is 17.4 Å². The Kier molecular flexibility index (Phi) is 7.04. The van der Waals surface area contributed by atoms with Crippen molar-refractivity contribution >= 4 is 11.8 Å². The molecule has 0 aliphatic rings. The monoisotopic (exact) mass is 246 g/mol. The fraction of sp³-hybridized carbons (Fsp3) is 1.00. The molecule has 0 aromatic carbocycles. The van der Waals surface area contributed by atoms with Crippen LogP contribution in [0.4, 0.5) is 0 Å². The molecule has 0 radical (unpaired) electrons. The van der Waals surface area contributed by atoms with Crippen molar-refractivity contribution in [2.75, 3.05) is 18.1 Å². The van der Waals surface area contributed by atoms with Gasteiger partial charge in [0, 0.05) is 5.75 Å². The summed E-state index contributed by atoms with van der Waals surface area (Å²) in [5.41, 5.74) is 0.812. The summed E-state index contributed by atoms with van der Waals surface area (Å²) in [5, 5.41) is 8.76. The van der Waals surface area contributed by atoms with Gasteiger partial charge in [0.1, 0.15) is 0 Å². The van der Waals surface area contributed by atoms with Gasteiger partial charge in [0.05, 0.1) is 6.61 Å². The highest BCUT2D eigenvalue weighted by Gasteiger charge is 2.28. The topological polar surface area (TPSA) is 20.2 Å². The molecule has 1 nitrogen and oxygen atoms in total. The molecule has 0 bridgehead atoms. The summed E-state index contributed by atoms with van der Waals surface area (Å²) in [6.45, 7) is 14.3. The minimum atomic E-state index is 0.310. The lowest BCUT2D eigenvalue weighted by molar-refractivity contribution is 0.161. The molecule has 16 heavy (non-hydrogen) atoms. The number of aliphatic hydroxyl groups is 1. The predicted molar refractivity (Wildman–Crippen MR) is 76.0 cm³/mol. The van der Waals surface area contributed by atoms with Gasteiger partial charge in [-0.05, 0) is 35.3 Å². The lowest BCUT2D eigenvalue weighted by Gasteiger charge is -2.35. The van der Waals surface area contributed by atoms with Crippen LogP contribution in [-0.4, -0.2) is 23.2 Å². The van der Waals surface area contributed by atoms with Crippen molar-refractivity contribution < 1.29 is 5.11 Å². The second-order valence-electron chi connectivity index (χ2n) is 6.95. The molecule has 0 spiro atoms. The van der Waals surface area contributed by atoms with E-state index < -0.39 is 0 Å². The Hall–Kier alpha value is 0.310. The fourth-order valence-electron chi connectivity index (χ4n) is 1.97. The molecule has 0 fully saturated rings. The highest BCUT2D eigenvalue weighted by molar-refractivity contribution is 7.99. The van der Waals surface area contributed by atoms with E-state index in [1.165, 1.54) is 18.6 Å². The molecule has 0 aromatic rings. The Bertz CT molecular complexity index is 176. The molecule has 2 heteroatoms. The third-order valence-corrected chi connectivity index (χ3v) is 3.93. The van der Waals surface area contributed by atoms with E-state index in [9.17, 15) is 0 Å². The highest BCUT2D eigenvalue weighted by Crippen LogP contribution is 2.38. The van der Waals surface area contributed by atoms with Gasteiger partial charge >= 0.3 is 0 Å². The van der Waals surface area contributed by atoms with Gasteiger partial charge in [0.15, 0.2) is 0 Å². The summed E-state index contributed by atoms with van der Waals surface area (Å²) in [5.74, 6) is 2.84. The van der Waals surface area contributed by atoms with Crippen molar-refractivity contribution in [1.29, 1.82) is 0 Å². The van der Waals surface area contributed by atoms with Crippen LogP contribution in [0.25, 0.3) is 0 Å². The minimum absolute atomic E-state index is 0.310. The number of thioether (sulfide) groups is 1. The van der Waals surface area contributed by atoms with Gasteiger partial charge < -0.3 is 5.11 Å². The summed E-state index contributed by atoms with van der Waals surface area (Å²) in [6, 6.07) is 0. The predicted octanol–water partition coefficient (Wildman–Crippen LogP) is 4.20. The molecule has 0 saturated carbocycles. The van der Waals surface area contributed by atoms with Crippen molar-refractivity contribution in [1.82, 2.24) is 0 Å². The van der Waals surface area contributed by atoms with Crippen molar-refractivity contribution in [3.63, 3.8) is 0 Å². The van der Waals surface area contributed by atoms with Crippen molar-refractivity contribution in [3.05, 3.63) is 0 Å². The average Bonchev–Trinajstić information content (AvgIpc) is 2.06. The van der Waals surface area contributed by atoms with Crippen LogP contribution in [-0.2, 0) is 0 Å². The van der Waals surface area contributed by atoms with Crippen molar-refractivity contribution in [2.45, 2.75) is 54.4 Å². The molecule has 0 heterocycles. The zero-order valence-corrected chi connectivity index (χ0v) is 12.8. The molecular weight excluding hydrogens is 216 g/mol. The quantitative estimate of drug-likeness (QED) is 0.709. The zero-order chi connectivity index (χ0) is 12.8. The van der Waals surface area contributed by atoms with E-state index in [1.54, 1.807) is 0 Å². The van der Waals surface area contributed by atoms with Gasteiger partial charge in [-0.3, -0.25) is 0 Å². The lowest BCUT2D eigenvalue weighted by Crippen LogP contribution is -2.26. The summed E-state index contributed by atoms with van der Waals surface area (Å²) in [7, 11) is 0. The number of hydrogen-bond acceptors (Lipinski definition) is 2. The Labute approximate surface area is 106 Å². The maximum absolute atomic E-state index is 8.76. The van der Waals surface area contributed by atoms with E-state index in [4.69, 9.17) is 5.11 Å². The summed E-state index contributed by atoms with van der Waals surface area (Å²) in [6.07, 6.45) is 2.56. The summed E-state index contributed by atoms with van der Waals surface area (Å²) < 4.78 is 0. The Morgan fingerprint density at radius 3 is 1.94 bits per heavy atom. The van der Waals surface area contributed by atoms with Crippen LogP contribution in [0.3, 0.4) is 0 Å². The van der Waals surface area contributed by atoms with Crippen LogP contribution in [0.1, 0.15) is 54.4 Å². The second-order valence-corrected chi connectivity index (χ2v) is 8.18. The molecule has 0 rings (SSSR count). The summed E-state index contributed by atoms with van der Waals surface area (Å²) in [4.78, 5) is 0. The Morgan fingerprint density at radius 1 is 1.00 bits per heavy atom. The molecule has 0 amide bonds. The molecule has 1 N–H and O–H groups in total. The Balaban J connectivity index is 4.13. The van der Waals surface area contributed by atoms with E-state index in [2.05, 4.69) is 41.5 Å². The Morgan fingerprint density at radius 2 is 1.56 bits per heavy atom.